The van der Waals surface area contributed by atoms with Crippen LogP contribution >= 0.6 is 0 Å². The van der Waals surface area contributed by atoms with Crippen LogP contribution < -0.4 is 5.32 Å². The van der Waals surface area contributed by atoms with E-state index >= 15 is 0 Å². The van der Waals surface area contributed by atoms with Crippen molar-refractivity contribution in [1.29, 1.82) is 0 Å². The number of ether oxygens (including phenoxy) is 1. The highest BCUT2D eigenvalue weighted by atomic mass is 16.5. The van der Waals surface area contributed by atoms with Crippen molar-refractivity contribution >= 4 is 0 Å². The van der Waals surface area contributed by atoms with Gasteiger partial charge in [-0.2, -0.15) is 0 Å². The molecule has 0 aromatic heterocycles. The molecular weight excluding hydrogens is 192 g/mol. The minimum atomic E-state index is 0.121. The van der Waals surface area contributed by atoms with Gasteiger partial charge in [0.2, 0.25) is 0 Å². The molecule has 1 aliphatic heterocycles. The van der Waals surface area contributed by atoms with Crippen LogP contribution in [0.4, 0.5) is 0 Å². The maximum Gasteiger partial charge on any atom is 0.0698 e. The second kappa shape index (κ2) is 8.05. The average Bonchev–Trinajstić information content (AvgIpc) is 2.26. The predicted molar refractivity (Wildman–Crippen MR) is 61.0 cm³/mol. The zero-order valence-corrected chi connectivity index (χ0v) is 9.74. The number of nitrogens with one attached hydrogen (secondary N) is 1. The molecule has 1 aliphatic rings. The molecule has 4 heteroatoms. The topological polar surface area (TPSA) is 44.7 Å². The van der Waals surface area contributed by atoms with Gasteiger partial charge in [-0.1, -0.05) is 0 Å². The average molecular weight is 216 g/mol. The van der Waals surface area contributed by atoms with Crippen LogP contribution in [0.2, 0.25) is 0 Å². The van der Waals surface area contributed by atoms with Gasteiger partial charge in [0.05, 0.1) is 19.8 Å². The van der Waals surface area contributed by atoms with Crippen molar-refractivity contribution in [2.24, 2.45) is 5.92 Å². The van der Waals surface area contributed by atoms with Crippen LogP contribution in [0.15, 0.2) is 0 Å². The molecule has 1 saturated heterocycles. The molecule has 0 bridgehead atoms. The molecule has 4 nitrogen and oxygen atoms in total. The SMILES string of the molecule is CN(CCOCCO)CC1CCCNC1. The second-order valence-corrected chi connectivity index (χ2v) is 4.31. The molecule has 0 saturated carbocycles. The lowest BCUT2D eigenvalue weighted by molar-refractivity contribution is 0.0748. The largest absolute Gasteiger partial charge is 0.394 e. The second-order valence-electron chi connectivity index (χ2n) is 4.31. The molecule has 15 heavy (non-hydrogen) atoms. The Hall–Kier alpha value is -0.160. The predicted octanol–water partition coefficient (Wildman–Crippen LogP) is -0.0733. The molecule has 90 valence electrons. The summed E-state index contributed by atoms with van der Waals surface area (Å²) in [5, 5.41) is 12.0. The Morgan fingerprint density at radius 2 is 2.33 bits per heavy atom. The first-order chi connectivity index (χ1) is 7.33. The molecule has 1 unspecified atom stereocenters. The van der Waals surface area contributed by atoms with Gasteiger partial charge in [0.15, 0.2) is 0 Å². The molecule has 0 amide bonds. The molecule has 1 heterocycles. The molecular formula is C11H24N2O2. The van der Waals surface area contributed by atoms with Crippen LogP contribution in [0.5, 0.6) is 0 Å². The molecule has 1 rings (SSSR count). The molecule has 0 aliphatic carbocycles. The van der Waals surface area contributed by atoms with E-state index in [1.54, 1.807) is 0 Å². The van der Waals surface area contributed by atoms with E-state index in [1.807, 2.05) is 0 Å². The van der Waals surface area contributed by atoms with Gasteiger partial charge in [0, 0.05) is 13.1 Å². The number of likely N-dealkylation sites (N-methyl/N-ethyl adjacent to an activating group) is 1. The minimum absolute atomic E-state index is 0.121. The Labute approximate surface area is 92.6 Å². The fourth-order valence-electron chi connectivity index (χ4n) is 2.00. The van der Waals surface area contributed by atoms with Gasteiger partial charge in [-0.15, -0.1) is 0 Å². The van der Waals surface area contributed by atoms with Crippen LogP contribution in [0.3, 0.4) is 0 Å². The first-order valence-corrected chi connectivity index (χ1v) is 5.91. The molecule has 0 aromatic carbocycles. The number of piperidine rings is 1. The first kappa shape index (κ1) is 12.9. The number of rotatable bonds is 7. The molecule has 1 atom stereocenters. The Bertz CT molecular complexity index is 150. The van der Waals surface area contributed by atoms with E-state index in [4.69, 9.17) is 9.84 Å². The summed E-state index contributed by atoms with van der Waals surface area (Å²) < 4.78 is 5.24. The van der Waals surface area contributed by atoms with Crippen LogP contribution in [-0.4, -0.2) is 63.1 Å². The first-order valence-electron chi connectivity index (χ1n) is 5.91. The van der Waals surface area contributed by atoms with Crippen LogP contribution in [0.1, 0.15) is 12.8 Å². The van der Waals surface area contributed by atoms with Crippen molar-refractivity contribution in [3.05, 3.63) is 0 Å². The number of aliphatic hydroxyl groups is 1. The summed E-state index contributed by atoms with van der Waals surface area (Å²) in [7, 11) is 2.14. The summed E-state index contributed by atoms with van der Waals surface area (Å²) in [6.45, 7) is 5.74. The lowest BCUT2D eigenvalue weighted by atomic mass is 9.99. The van der Waals surface area contributed by atoms with Gasteiger partial charge in [0.1, 0.15) is 0 Å². The van der Waals surface area contributed by atoms with Gasteiger partial charge in [0.25, 0.3) is 0 Å². The minimum Gasteiger partial charge on any atom is -0.394 e. The number of nitrogens with zero attached hydrogens (tertiary/aromatic N) is 1. The Morgan fingerprint density at radius 1 is 1.47 bits per heavy atom. The molecule has 0 radical (unpaired) electrons. The summed E-state index contributed by atoms with van der Waals surface area (Å²) in [5.74, 6) is 0.793. The van der Waals surface area contributed by atoms with Crippen molar-refractivity contribution in [2.45, 2.75) is 12.8 Å². The maximum atomic E-state index is 8.55. The summed E-state index contributed by atoms with van der Waals surface area (Å²) in [4.78, 5) is 2.31. The third-order valence-corrected chi connectivity index (χ3v) is 2.82. The quantitative estimate of drug-likeness (QED) is 0.585. The molecule has 2 N–H and O–H groups in total. The van der Waals surface area contributed by atoms with E-state index in [9.17, 15) is 0 Å². The normalized spacial score (nSPS) is 22.2. The Kier molecular flexibility index (Phi) is 6.92. The third kappa shape index (κ3) is 6.10. The molecule has 0 aromatic rings. The molecule has 1 fully saturated rings. The number of hydrogen-bond acceptors (Lipinski definition) is 4. The van der Waals surface area contributed by atoms with Crippen molar-refractivity contribution in [3.8, 4) is 0 Å². The lowest BCUT2D eigenvalue weighted by Crippen LogP contribution is -2.37. The van der Waals surface area contributed by atoms with Gasteiger partial charge < -0.3 is 20.1 Å². The summed E-state index contributed by atoms with van der Waals surface area (Å²) >= 11 is 0. The highest BCUT2D eigenvalue weighted by Gasteiger charge is 2.14. The summed E-state index contributed by atoms with van der Waals surface area (Å²) in [5.41, 5.74) is 0. The Balaban J connectivity index is 1.98. The van der Waals surface area contributed by atoms with E-state index in [2.05, 4.69) is 17.3 Å². The van der Waals surface area contributed by atoms with Crippen molar-refractivity contribution in [1.82, 2.24) is 10.2 Å². The monoisotopic (exact) mass is 216 g/mol. The highest BCUT2D eigenvalue weighted by Crippen LogP contribution is 2.10. The number of aliphatic hydroxyl groups excluding tert-OH is 1. The van der Waals surface area contributed by atoms with E-state index in [0.29, 0.717) is 6.61 Å². The van der Waals surface area contributed by atoms with E-state index in [-0.39, 0.29) is 6.61 Å². The van der Waals surface area contributed by atoms with E-state index < -0.39 is 0 Å². The van der Waals surface area contributed by atoms with Crippen LogP contribution in [0, 0.1) is 5.92 Å². The van der Waals surface area contributed by atoms with E-state index in [0.717, 1.165) is 32.2 Å². The lowest BCUT2D eigenvalue weighted by Gasteiger charge is -2.27. The Morgan fingerprint density at radius 3 is 3.00 bits per heavy atom. The zero-order chi connectivity index (χ0) is 10.9. The van der Waals surface area contributed by atoms with Crippen molar-refractivity contribution < 1.29 is 9.84 Å². The van der Waals surface area contributed by atoms with Gasteiger partial charge in [-0.25, -0.2) is 0 Å². The summed E-state index contributed by atoms with van der Waals surface area (Å²) in [6.07, 6.45) is 2.65. The smallest absolute Gasteiger partial charge is 0.0698 e. The maximum absolute atomic E-state index is 8.55. The summed E-state index contributed by atoms with van der Waals surface area (Å²) in [6, 6.07) is 0. The van der Waals surface area contributed by atoms with Gasteiger partial charge >= 0.3 is 0 Å². The van der Waals surface area contributed by atoms with E-state index in [1.165, 1.54) is 19.4 Å². The third-order valence-electron chi connectivity index (χ3n) is 2.82. The number of hydrogen-bond donors (Lipinski definition) is 2. The van der Waals surface area contributed by atoms with Gasteiger partial charge in [-0.3, -0.25) is 0 Å². The van der Waals surface area contributed by atoms with Crippen molar-refractivity contribution in [2.75, 3.05) is 53.0 Å². The molecule has 0 spiro atoms. The van der Waals surface area contributed by atoms with Crippen molar-refractivity contribution in [3.63, 3.8) is 0 Å². The zero-order valence-electron chi connectivity index (χ0n) is 9.74. The fraction of sp³-hybridized carbons (Fsp3) is 1.00. The fourth-order valence-corrected chi connectivity index (χ4v) is 2.00. The standard InChI is InChI=1S/C11H24N2O2/c1-13(5-7-15-8-6-14)10-11-3-2-4-12-9-11/h11-12,14H,2-10H2,1H3. The van der Waals surface area contributed by atoms with Gasteiger partial charge in [-0.05, 0) is 38.9 Å². The highest BCUT2D eigenvalue weighted by molar-refractivity contribution is 4.71. The van der Waals surface area contributed by atoms with Crippen LogP contribution in [-0.2, 0) is 4.74 Å². The van der Waals surface area contributed by atoms with Crippen LogP contribution in [0.25, 0.3) is 0 Å².